The van der Waals surface area contributed by atoms with Gasteiger partial charge in [0.05, 0.1) is 12.8 Å². The maximum Gasteiger partial charge on any atom is 0.265 e. The maximum atomic E-state index is 12.1. The second kappa shape index (κ2) is 4.07. The van der Waals surface area contributed by atoms with Crippen LogP contribution in [0.15, 0.2) is 42.7 Å². The summed E-state index contributed by atoms with van der Waals surface area (Å²) in [6.07, 6.45) is 3.07. The summed E-state index contributed by atoms with van der Waals surface area (Å²) >= 11 is 0. The van der Waals surface area contributed by atoms with Gasteiger partial charge in [0.25, 0.3) is 5.91 Å². The summed E-state index contributed by atoms with van der Waals surface area (Å²) in [7, 11) is 1.56. The van der Waals surface area contributed by atoms with Crippen LogP contribution in [0.1, 0.15) is 11.1 Å². The smallest absolute Gasteiger partial charge is 0.265 e. The van der Waals surface area contributed by atoms with Gasteiger partial charge in [-0.3, -0.25) is 9.78 Å². The highest BCUT2D eigenvalue weighted by molar-refractivity contribution is 6.07. The van der Waals surface area contributed by atoms with Crippen LogP contribution in [-0.2, 0) is 10.4 Å². The minimum atomic E-state index is -1.70. The Morgan fingerprint density at radius 1 is 1.26 bits per heavy atom. The Bertz CT molecular complexity index is 639. The molecule has 1 aromatic heterocycles. The van der Waals surface area contributed by atoms with Crippen LogP contribution in [0.3, 0.4) is 0 Å². The van der Waals surface area contributed by atoms with Crippen LogP contribution >= 0.6 is 0 Å². The quantitative estimate of drug-likeness (QED) is 0.849. The molecule has 0 bridgehead atoms. The third-order valence-electron chi connectivity index (χ3n) is 3.30. The van der Waals surface area contributed by atoms with Crippen molar-refractivity contribution in [2.45, 2.75) is 5.60 Å². The molecule has 0 saturated carbocycles. The van der Waals surface area contributed by atoms with E-state index in [1.807, 2.05) is 0 Å². The fraction of sp³-hybridized carbons (Fsp3) is 0.143. The number of carbonyl (C=O) groups is 1. The molecule has 2 N–H and O–H groups in total. The van der Waals surface area contributed by atoms with Crippen LogP contribution in [0.4, 0.5) is 5.69 Å². The highest BCUT2D eigenvalue weighted by atomic mass is 16.5. The van der Waals surface area contributed by atoms with Gasteiger partial charge in [0.15, 0.2) is 5.60 Å². The van der Waals surface area contributed by atoms with E-state index in [0.29, 0.717) is 22.6 Å². The standard InChI is InChI=1S/C14H12N2O3/c1-19-10-4-2-9(3-5-10)14(18)11-8-15-7-6-12(11)16-13(14)17/h2-8,18H,1H3,(H,16,17). The molecule has 2 aromatic rings. The second-order valence-electron chi connectivity index (χ2n) is 4.31. The number of hydrogen-bond donors (Lipinski definition) is 2. The lowest BCUT2D eigenvalue weighted by molar-refractivity contribution is -0.129. The van der Waals surface area contributed by atoms with E-state index in [-0.39, 0.29) is 0 Å². The predicted molar refractivity (Wildman–Crippen MR) is 68.9 cm³/mol. The van der Waals surface area contributed by atoms with Gasteiger partial charge in [0.1, 0.15) is 5.75 Å². The molecule has 0 saturated heterocycles. The van der Waals surface area contributed by atoms with Crippen molar-refractivity contribution in [3.8, 4) is 5.75 Å². The van der Waals surface area contributed by atoms with Crippen molar-refractivity contribution in [1.29, 1.82) is 0 Å². The molecule has 3 rings (SSSR count). The third kappa shape index (κ3) is 1.59. The van der Waals surface area contributed by atoms with E-state index in [9.17, 15) is 9.90 Å². The number of rotatable bonds is 2. The van der Waals surface area contributed by atoms with E-state index in [4.69, 9.17) is 4.74 Å². The van der Waals surface area contributed by atoms with Crippen molar-refractivity contribution in [2.24, 2.45) is 0 Å². The number of amides is 1. The van der Waals surface area contributed by atoms with E-state index in [1.165, 1.54) is 6.20 Å². The number of nitrogens with one attached hydrogen (secondary N) is 1. The van der Waals surface area contributed by atoms with Crippen molar-refractivity contribution in [3.63, 3.8) is 0 Å². The average Bonchev–Trinajstić information content (AvgIpc) is 2.72. The minimum absolute atomic E-state index is 0.463. The molecule has 0 fully saturated rings. The summed E-state index contributed by atoms with van der Waals surface area (Å²) < 4.78 is 5.07. The van der Waals surface area contributed by atoms with Crippen LogP contribution in [0.5, 0.6) is 5.75 Å². The number of benzene rings is 1. The maximum absolute atomic E-state index is 12.1. The molecule has 0 spiro atoms. The van der Waals surface area contributed by atoms with Crippen LogP contribution in [0.25, 0.3) is 0 Å². The van der Waals surface area contributed by atoms with Crippen molar-refractivity contribution >= 4 is 11.6 Å². The van der Waals surface area contributed by atoms with Gasteiger partial charge < -0.3 is 15.2 Å². The molecule has 19 heavy (non-hydrogen) atoms. The van der Waals surface area contributed by atoms with E-state index < -0.39 is 11.5 Å². The SMILES string of the molecule is COc1ccc(C2(O)C(=O)Nc3ccncc32)cc1. The van der Waals surface area contributed by atoms with Gasteiger partial charge in [0, 0.05) is 18.0 Å². The number of fused-ring (bicyclic) bond motifs is 1. The highest BCUT2D eigenvalue weighted by Gasteiger charge is 2.46. The molecule has 2 heterocycles. The first-order chi connectivity index (χ1) is 9.16. The lowest BCUT2D eigenvalue weighted by Gasteiger charge is -2.21. The molecule has 5 heteroatoms. The van der Waals surface area contributed by atoms with E-state index in [1.54, 1.807) is 43.6 Å². The number of methoxy groups -OCH3 is 1. The number of carbonyl (C=O) groups excluding carboxylic acids is 1. The number of nitrogens with zero attached hydrogens (tertiary/aromatic N) is 1. The van der Waals surface area contributed by atoms with Crippen LogP contribution < -0.4 is 10.1 Å². The van der Waals surface area contributed by atoms with Crippen molar-refractivity contribution in [3.05, 3.63) is 53.9 Å². The molecule has 1 atom stereocenters. The van der Waals surface area contributed by atoms with E-state index in [0.717, 1.165) is 0 Å². The summed E-state index contributed by atoms with van der Waals surface area (Å²) in [5.74, 6) is 0.192. The molecule has 1 amide bonds. The first kappa shape index (κ1) is 11.7. The number of anilines is 1. The zero-order valence-corrected chi connectivity index (χ0v) is 10.3. The van der Waals surface area contributed by atoms with E-state index >= 15 is 0 Å². The Labute approximate surface area is 109 Å². The number of aliphatic hydroxyl groups is 1. The van der Waals surface area contributed by atoms with Gasteiger partial charge in [-0.1, -0.05) is 12.1 Å². The summed E-state index contributed by atoms with van der Waals surface area (Å²) in [6.45, 7) is 0. The largest absolute Gasteiger partial charge is 0.497 e. The number of ether oxygens (including phenoxy) is 1. The van der Waals surface area contributed by atoms with E-state index in [2.05, 4.69) is 10.3 Å². The van der Waals surface area contributed by atoms with Crippen LogP contribution in [0, 0.1) is 0 Å². The molecule has 96 valence electrons. The van der Waals surface area contributed by atoms with Gasteiger partial charge in [-0.25, -0.2) is 0 Å². The highest BCUT2D eigenvalue weighted by Crippen LogP contribution is 2.40. The zero-order valence-electron chi connectivity index (χ0n) is 10.3. The lowest BCUT2D eigenvalue weighted by atomic mass is 9.88. The second-order valence-corrected chi connectivity index (χ2v) is 4.31. The summed E-state index contributed by atoms with van der Waals surface area (Å²) in [5.41, 5.74) is -0.170. The van der Waals surface area contributed by atoms with Gasteiger partial charge in [-0.05, 0) is 23.8 Å². The van der Waals surface area contributed by atoms with Crippen molar-refractivity contribution in [2.75, 3.05) is 12.4 Å². The Hall–Kier alpha value is -2.40. The average molecular weight is 256 g/mol. The number of pyridine rings is 1. The minimum Gasteiger partial charge on any atom is -0.497 e. The Morgan fingerprint density at radius 2 is 2.00 bits per heavy atom. The Kier molecular flexibility index (Phi) is 2.50. The van der Waals surface area contributed by atoms with Crippen molar-refractivity contribution in [1.82, 2.24) is 4.98 Å². The van der Waals surface area contributed by atoms with Gasteiger partial charge in [-0.2, -0.15) is 0 Å². The van der Waals surface area contributed by atoms with Gasteiger partial charge >= 0.3 is 0 Å². The topological polar surface area (TPSA) is 71.5 Å². The van der Waals surface area contributed by atoms with Crippen molar-refractivity contribution < 1.29 is 14.6 Å². The summed E-state index contributed by atoms with van der Waals surface area (Å²) in [5, 5.41) is 13.4. The first-order valence-electron chi connectivity index (χ1n) is 5.79. The predicted octanol–water partition coefficient (Wildman–Crippen LogP) is 1.28. The zero-order chi connectivity index (χ0) is 13.5. The summed E-state index contributed by atoms with van der Waals surface area (Å²) in [4.78, 5) is 16.1. The first-order valence-corrected chi connectivity index (χ1v) is 5.79. The lowest BCUT2D eigenvalue weighted by Crippen LogP contribution is -2.35. The molecular weight excluding hydrogens is 244 g/mol. The fourth-order valence-corrected chi connectivity index (χ4v) is 2.25. The fourth-order valence-electron chi connectivity index (χ4n) is 2.25. The molecule has 5 nitrogen and oxygen atoms in total. The molecule has 1 aliphatic heterocycles. The molecular formula is C14H12N2O3. The monoisotopic (exact) mass is 256 g/mol. The Balaban J connectivity index is 2.14. The van der Waals surface area contributed by atoms with Crippen LogP contribution in [-0.4, -0.2) is 23.1 Å². The van der Waals surface area contributed by atoms with Gasteiger partial charge in [-0.15, -0.1) is 0 Å². The Morgan fingerprint density at radius 3 is 2.68 bits per heavy atom. The molecule has 1 aromatic carbocycles. The molecule has 1 aliphatic rings. The summed E-state index contributed by atoms with van der Waals surface area (Å²) in [6, 6.07) is 8.40. The molecule has 0 radical (unpaired) electrons. The molecule has 1 unspecified atom stereocenters. The number of hydrogen-bond acceptors (Lipinski definition) is 4. The number of aromatic nitrogens is 1. The molecule has 0 aliphatic carbocycles. The van der Waals surface area contributed by atoms with Gasteiger partial charge in [0.2, 0.25) is 0 Å². The van der Waals surface area contributed by atoms with Crippen LogP contribution in [0.2, 0.25) is 0 Å². The normalized spacial score (nSPS) is 20.8. The third-order valence-corrected chi connectivity index (χ3v) is 3.30.